The number of ether oxygens (including phenoxy) is 5. The van der Waals surface area contributed by atoms with Crippen LogP contribution in [0.1, 0.15) is 17.0 Å². The molecule has 0 saturated heterocycles. The predicted molar refractivity (Wildman–Crippen MR) is 137 cm³/mol. The molecular formula is C28H32N2O6. The lowest BCUT2D eigenvalue weighted by Crippen LogP contribution is -2.23. The Morgan fingerprint density at radius 2 is 1.58 bits per heavy atom. The molecule has 0 bridgehead atoms. The summed E-state index contributed by atoms with van der Waals surface area (Å²) in [6.45, 7) is 0.793. The van der Waals surface area contributed by atoms with Gasteiger partial charge in [0.15, 0.2) is 11.5 Å². The summed E-state index contributed by atoms with van der Waals surface area (Å²) in [6.07, 6.45) is -0.160. The van der Waals surface area contributed by atoms with Crippen molar-refractivity contribution in [3.05, 3.63) is 77.6 Å². The van der Waals surface area contributed by atoms with Crippen molar-refractivity contribution in [2.24, 2.45) is 0 Å². The van der Waals surface area contributed by atoms with Gasteiger partial charge in [-0.15, -0.1) is 0 Å². The summed E-state index contributed by atoms with van der Waals surface area (Å²) in [5.41, 5.74) is 3.72. The van der Waals surface area contributed by atoms with E-state index in [1.165, 1.54) is 0 Å². The molecule has 1 aromatic heterocycles. The number of nitrogens with zero attached hydrogens (tertiary/aromatic N) is 2. The lowest BCUT2D eigenvalue weighted by atomic mass is 10.1. The van der Waals surface area contributed by atoms with E-state index in [9.17, 15) is 5.11 Å². The zero-order chi connectivity index (χ0) is 25.5. The van der Waals surface area contributed by atoms with E-state index in [1.54, 1.807) is 28.4 Å². The number of aliphatic hydroxyl groups is 1. The van der Waals surface area contributed by atoms with Crippen LogP contribution in [0.15, 0.2) is 60.7 Å². The summed E-state index contributed by atoms with van der Waals surface area (Å²) in [6, 6.07) is 19.3. The number of rotatable bonds is 12. The minimum absolute atomic E-state index is 0.155. The van der Waals surface area contributed by atoms with Crippen molar-refractivity contribution < 1.29 is 28.8 Å². The molecule has 8 nitrogen and oxygen atoms in total. The number of aliphatic hydroxyl groups excluding tert-OH is 1. The molecule has 0 saturated carbocycles. The maximum atomic E-state index is 10.9. The van der Waals surface area contributed by atoms with E-state index < -0.39 is 6.10 Å². The van der Waals surface area contributed by atoms with Crippen molar-refractivity contribution in [3.63, 3.8) is 0 Å². The van der Waals surface area contributed by atoms with Crippen molar-refractivity contribution in [2.45, 2.75) is 25.7 Å². The number of para-hydroxylation sites is 2. The molecule has 1 unspecified atom stereocenters. The number of methoxy groups -OCH3 is 4. The van der Waals surface area contributed by atoms with Gasteiger partial charge in [-0.3, -0.25) is 0 Å². The molecule has 3 aromatic carbocycles. The van der Waals surface area contributed by atoms with Gasteiger partial charge in [0.1, 0.15) is 17.3 Å². The fourth-order valence-electron chi connectivity index (χ4n) is 4.20. The lowest BCUT2D eigenvalue weighted by molar-refractivity contribution is 0.0199. The van der Waals surface area contributed by atoms with Gasteiger partial charge in [0.25, 0.3) is 0 Å². The van der Waals surface area contributed by atoms with Crippen molar-refractivity contribution in [3.8, 4) is 23.0 Å². The summed E-state index contributed by atoms with van der Waals surface area (Å²) in [5.74, 6) is 3.62. The highest BCUT2D eigenvalue weighted by Gasteiger charge is 2.16. The molecular weight excluding hydrogens is 460 g/mol. The molecule has 36 heavy (non-hydrogen) atoms. The Kier molecular flexibility index (Phi) is 8.30. The van der Waals surface area contributed by atoms with E-state index in [0.29, 0.717) is 36.8 Å². The van der Waals surface area contributed by atoms with Crippen LogP contribution in [0.2, 0.25) is 0 Å². The van der Waals surface area contributed by atoms with Crippen molar-refractivity contribution in [1.29, 1.82) is 0 Å². The summed E-state index contributed by atoms with van der Waals surface area (Å²) < 4.78 is 29.4. The number of hydrogen-bond donors (Lipinski definition) is 1. The van der Waals surface area contributed by atoms with Gasteiger partial charge >= 0.3 is 0 Å². The van der Waals surface area contributed by atoms with Gasteiger partial charge < -0.3 is 33.4 Å². The first-order valence-electron chi connectivity index (χ1n) is 11.7. The average molecular weight is 493 g/mol. The Hall–Kier alpha value is -3.75. The molecule has 1 N–H and O–H groups in total. The molecule has 190 valence electrons. The van der Waals surface area contributed by atoms with Crippen LogP contribution in [0.5, 0.6) is 23.0 Å². The van der Waals surface area contributed by atoms with Crippen molar-refractivity contribution >= 4 is 11.0 Å². The van der Waals surface area contributed by atoms with Gasteiger partial charge in [0.05, 0.1) is 65.3 Å². The summed E-state index contributed by atoms with van der Waals surface area (Å²) in [7, 11) is 6.47. The first kappa shape index (κ1) is 25.3. The third kappa shape index (κ3) is 5.72. The second kappa shape index (κ2) is 11.8. The quantitative estimate of drug-likeness (QED) is 0.317. The Morgan fingerprint density at radius 3 is 2.33 bits per heavy atom. The smallest absolute Gasteiger partial charge is 0.161 e. The SMILES string of the molecule is COc1ccc(OC)c(COCC(O)Cn2c(Cc3ccc(OC)c(OC)c3)nc3ccccc32)c1. The van der Waals surface area contributed by atoms with Crippen molar-refractivity contribution in [2.75, 3.05) is 35.0 Å². The number of imidazole rings is 1. The van der Waals surface area contributed by atoms with Crippen molar-refractivity contribution in [1.82, 2.24) is 9.55 Å². The highest BCUT2D eigenvalue weighted by Crippen LogP contribution is 2.29. The van der Waals surface area contributed by atoms with Gasteiger partial charge in [-0.2, -0.15) is 0 Å². The highest BCUT2D eigenvalue weighted by molar-refractivity contribution is 5.76. The minimum Gasteiger partial charge on any atom is -0.497 e. The van der Waals surface area contributed by atoms with Crippen LogP contribution < -0.4 is 18.9 Å². The lowest BCUT2D eigenvalue weighted by Gasteiger charge is -2.16. The third-order valence-electron chi connectivity index (χ3n) is 5.99. The van der Waals surface area contributed by atoms with Crippen LogP contribution >= 0.6 is 0 Å². The molecule has 0 aliphatic heterocycles. The van der Waals surface area contributed by atoms with Gasteiger partial charge in [0, 0.05) is 12.0 Å². The molecule has 0 radical (unpaired) electrons. The van der Waals surface area contributed by atoms with E-state index in [0.717, 1.165) is 33.7 Å². The molecule has 0 fully saturated rings. The second-order valence-electron chi connectivity index (χ2n) is 8.34. The van der Waals surface area contributed by atoms with Gasteiger partial charge in [-0.25, -0.2) is 4.98 Å². The predicted octanol–water partition coefficient (Wildman–Crippen LogP) is 4.24. The van der Waals surface area contributed by atoms with Crippen LogP contribution in [-0.2, 0) is 24.3 Å². The zero-order valence-corrected chi connectivity index (χ0v) is 21.1. The average Bonchev–Trinajstić information content (AvgIpc) is 3.24. The summed E-state index contributed by atoms with van der Waals surface area (Å²) in [4.78, 5) is 4.84. The number of benzene rings is 3. The van der Waals surface area contributed by atoms with Crippen LogP contribution in [0.3, 0.4) is 0 Å². The van der Waals surface area contributed by atoms with Gasteiger partial charge in [-0.05, 0) is 48.0 Å². The largest absolute Gasteiger partial charge is 0.497 e. The molecule has 0 aliphatic rings. The molecule has 0 amide bonds. The van der Waals surface area contributed by atoms with Crippen LogP contribution in [0.25, 0.3) is 11.0 Å². The maximum Gasteiger partial charge on any atom is 0.161 e. The highest BCUT2D eigenvalue weighted by atomic mass is 16.5. The molecule has 8 heteroatoms. The standard InChI is InChI=1S/C28H32N2O6/c1-32-22-10-12-25(33-2)20(15-22)17-36-18-21(31)16-30-24-8-6-5-7-23(24)29-28(30)14-19-9-11-26(34-3)27(13-19)35-4/h5-13,15,21,31H,14,16-18H2,1-4H3. The zero-order valence-electron chi connectivity index (χ0n) is 21.1. The Morgan fingerprint density at radius 1 is 0.833 bits per heavy atom. The van der Waals surface area contributed by atoms with E-state index in [4.69, 9.17) is 28.7 Å². The van der Waals surface area contributed by atoms with Gasteiger partial charge in [-0.1, -0.05) is 18.2 Å². The Balaban J connectivity index is 1.49. The number of hydrogen-bond acceptors (Lipinski definition) is 7. The van der Waals surface area contributed by atoms with Gasteiger partial charge in [0.2, 0.25) is 0 Å². The van der Waals surface area contributed by atoms with E-state index in [2.05, 4.69) is 0 Å². The first-order chi connectivity index (χ1) is 17.6. The molecule has 1 heterocycles. The number of fused-ring (bicyclic) bond motifs is 1. The molecule has 4 aromatic rings. The second-order valence-corrected chi connectivity index (χ2v) is 8.34. The molecule has 1 atom stereocenters. The fraction of sp³-hybridized carbons (Fsp3) is 0.321. The fourth-order valence-corrected chi connectivity index (χ4v) is 4.20. The molecule has 0 spiro atoms. The van der Waals surface area contributed by atoms with E-state index in [1.807, 2.05) is 65.2 Å². The third-order valence-corrected chi connectivity index (χ3v) is 5.99. The van der Waals surface area contributed by atoms with Crippen LogP contribution in [-0.4, -0.2) is 55.8 Å². The molecule has 4 rings (SSSR count). The monoisotopic (exact) mass is 492 g/mol. The first-order valence-corrected chi connectivity index (χ1v) is 11.7. The minimum atomic E-state index is -0.733. The topological polar surface area (TPSA) is 84.2 Å². The Bertz CT molecular complexity index is 1300. The normalized spacial score (nSPS) is 11.9. The maximum absolute atomic E-state index is 10.9. The Labute approximate surface area is 211 Å². The summed E-state index contributed by atoms with van der Waals surface area (Å²) >= 11 is 0. The van der Waals surface area contributed by atoms with Crippen LogP contribution in [0, 0.1) is 0 Å². The van der Waals surface area contributed by atoms with E-state index in [-0.39, 0.29) is 6.61 Å². The number of aromatic nitrogens is 2. The van der Waals surface area contributed by atoms with Crippen LogP contribution in [0.4, 0.5) is 0 Å². The van der Waals surface area contributed by atoms with E-state index >= 15 is 0 Å². The molecule has 0 aliphatic carbocycles. The summed E-state index contributed by atoms with van der Waals surface area (Å²) in [5, 5.41) is 10.9.